The zero-order chi connectivity index (χ0) is 24.5. The minimum atomic E-state index is -0.690. The van der Waals surface area contributed by atoms with Crippen LogP contribution in [-0.2, 0) is 19.2 Å². The van der Waals surface area contributed by atoms with Crippen molar-refractivity contribution in [1.29, 1.82) is 0 Å². The summed E-state index contributed by atoms with van der Waals surface area (Å²) in [6.07, 6.45) is 3.41. The van der Waals surface area contributed by atoms with Crippen molar-refractivity contribution in [3.05, 3.63) is 24.3 Å². The second-order valence-electron chi connectivity index (χ2n) is 8.33. The molecule has 1 aromatic heterocycles. The van der Waals surface area contributed by atoms with Gasteiger partial charge in [0, 0.05) is 45.9 Å². The normalized spacial score (nSPS) is 14.2. The van der Waals surface area contributed by atoms with Crippen molar-refractivity contribution >= 4 is 50.3 Å². The number of carbonyl (C=O) groups is 4. The summed E-state index contributed by atoms with van der Waals surface area (Å²) in [5, 5.41) is 12.8. The highest BCUT2D eigenvalue weighted by Crippen LogP contribution is 2.25. The molecule has 3 rings (SSSR count). The first-order valence-electron chi connectivity index (χ1n) is 11.5. The molecule has 1 aliphatic heterocycles. The van der Waals surface area contributed by atoms with Crippen LogP contribution in [0.4, 0.5) is 5.13 Å². The Balaban J connectivity index is 1.27. The SMILES string of the molecule is CC(=O)N(O)C(=O)CCCCCCC(=O)N1CCN(CC(=O)Nc2nc3ccccc3s2)CC1. The molecule has 2 N–H and O–H groups in total. The summed E-state index contributed by atoms with van der Waals surface area (Å²) in [6, 6.07) is 7.75. The van der Waals surface area contributed by atoms with Crippen molar-refractivity contribution in [2.75, 3.05) is 38.0 Å². The zero-order valence-corrected chi connectivity index (χ0v) is 20.2. The van der Waals surface area contributed by atoms with Gasteiger partial charge in [-0.05, 0) is 25.0 Å². The molecule has 0 spiro atoms. The predicted molar refractivity (Wildman–Crippen MR) is 128 cm³/mol. The van der Waals surface area contributed by atoms with Gasteiger partial charge in [-0.15, -0.1) is 0 Å². The molecule has 0 aliphatic carbocycles. The van der Waals surface area contributed by atoms with E-state index >= 15 is 0 Å². The van der Waals surface area contributed by atoms with Gasteiger partial charge in [-0.3, -0.25) is 29.3 Å². The number of amides is 4. The van der Waals surface area contributed by atoms with Crippen LogP contribution < -0.4 is 5.32 Å². The number of unbranched alkanes of at least 4 members (excludes halogenated alkanes) is 3. The maximum absolute atomic E-state index is 12.4. The molecule has 4 amide bonds. The van der Waals surface area contributed by atoms with Crippen molar-refractivity contribution in [2.24, 2.45) is 0 Å². The monoisotopic (exact) mass is 489 g/mol. The molecule has 0 unspecified atom stereocenters. The third-order valence-electron chi connectivity index (χ3n) is 5.70. The number of fused-ring (bicyclic) bond motifs is 1. The first kappa shape index (κ1) is 25.7. The van der Waals surface area contributed by atoms with Gasteiger partial charge in [0.25, 0.3) is 5.91 Å². The van der Waals surface area contributed by atoms with E-state index in [9.17, 15) is 24.4 Å². The fourth-order valence-corrected chi connectivity index (χ4v) is 4.67. The van der Waals surface area contributed by atoms with Crippen LogP contribution in [0.2, 0.25) is 0 Å². The van der Waals surface area contributed by atoms with Crippen LogP contribution in [-0.4, -0.2) is 81.4 Å². The van der Waals surface area contributed by atoms with Gasteiger partial charge in [-0.25, -0.2) is 4.98 Å². The highest BCUT2D eigenvalue weighted by atomic mass is 32.1. The van der Waals surface area contributed by atoms with Crippen molar-refractivity contribution in [3.8, 4) is 0 Å². The lowest BCUT2D eigenvalue weighted by Crippen LogP contribution is -2.50. The van der Waals surface area contributed by atoms with Crippen LogP contribution in [0.3, 0.4) is 0 Å². The molecule has 0 saturated carbocycles. The van der Waals surface area contributed by atoms with Crippen molar-refractivity contribution in [2.45, 2.75) is 45.4 Å². The minimum Gasteiger partial charge on any atom is -0.340 e. The summed E-state index contributed by atoms with van der Waals surface area (Å²) in [5.41, 5.74) is 0.869. The number of rotatable bonds is 10. The van der Waals surface area contributed by atoms with E-state index < -0.39 is 11.8 Å². The van der Waals surface area contributed by atoms with Gasteiger partial charge in [-0.1, -0.05) is 36.3 Å². The van der Waals surface area contributed by atoms with Gasteiger partial charge in [0.05, 0.1) is 16.8 Å². The minimum absolute atomic E-state index is 0.104. The summed E-state index contributed by atoms with van der Waals surface area (Å²) in [6.45, 7) is 3.88. The maximum atomic E-state index is 12.4. The quantitative estimate of drug-likeness (QED) is 0.299. The van der Waals surface area contributed by atoms with Crippen molar-refractivity contribution in [1.82, 2.24) is 19.8 Å². The number of hydrogen-bond donors (Lipinski definition) is 2. The van der Waals surface area contributed by atoms with E-state index in [-0.39, 0.29) is 29.8 Å². The molecule has 10 nitrogen and oxygen atoms in total. The molecule has 0 bridgehead atoms. The molecule has 11 heteroatoms. The highest BCUT2D eigenvalue weighted by Gasteiger charge is 2.22. The number of hydroxylamine groups is 2. The molecule has 2 heterocycles. The van der Waals surface area contributed by atoms with Gasteiger partial charge >= 0.3 is 0 Å². The van der Waals surface area contributed by atoms with E-state index in [1.165, 1.54) is 11.3 Å². The second-order valence-corrected chi connectivity index (χ2v) is 9.36. The van der Waals surface area contributed by atoms with Crippen LogP contribution in [0.1, 0.15) is 45.4 Å². The fourth-order valence-electron chi connectivity index (χ4n) is 3.79. The molecule has 0 atom stereocenters. The first-order chi connectivity index (χ1) is 16.3. The zero-order valence-electron chi connectivity index (χ0n) is 19.4. The lowest BCUT2D eigenvalue weighted by Gasteiger charge is -2.34. The number of carbonyl (C=O) groups excluding carboxylic acids is 4. The molecular formula is C23H31N5O5S. The van der Waals surface area contributed by atoms with E-state index in [0.717, 1.165) is 36.4 Å². The highest BCUT2D eigenvalue weighted by molar-refractivity contribution is 7.22. The second kappa shape index (κ2) is 12.5. The van der Waals surface area contributed by atoms with Gasteiger partial charge < -0.3 is 10.2 Å². The summed E-state index contributed by atoms with van der Waals surface area (Å²) in [4.78, 5) is 55.6. The van der Waals surface area contributed by atoms with E-state index in [0.29, 0.717) is 44.2 Å². The molecule has 1 fully saturated rings. The number of anilines is 1. The Morgan fingerprint density at radius 3 is 2.38 bits per heavy atom. The summed E-state index contributed by atoms with van der Waals surface area (Å²) < 4.78 is 1.03. The molecular weight excluding hydrogens is 458 g/mol. The van der Waals surface area contributed by atoms with Crippen LogP contribution >= 0.6 is 11.3 Å². The van der Waals surface area contributed by atoms with Crippen LogP contribution in [0.15, 0.2) is 24.3 Å². The number of aromatic nitrogens is 1. The number of imide groups is 1. The summed E-state index contributed by atoms with van der Waals surface area (Å²) in [7, 11) is 0. The number of hydrogen-bond acceptors (Lipinski definition) is 8. The molecule has 1 aliphatic rings. The average molecular weight is 490 g/mol. The first-order valence-corrected chi connectivity index (χ1v) is 12.3. The molecule has 1 saturated heterocycles. The number of para-hydroxylation sites is 1. The predicted octanol–water partition coefficient (Wildman–Crippen LogP) is 2.48. The van der Waals surface area contributed by atoms with Crippen molar-refractivity contribution in [3.63, 3.8) is 0 Å². The Morgan fingerprint density at radius 1 is 1.03 bits per heavy atom. The number of benzene rings is 1. The third-order valence-corrected chi connectivity index (χ3v) is 6.65. The van der Waals surface area contributed by atoms with Crippen LogP contribution in [0.5, 0.6) is 0 Å². The van der Waals surface area contributed by atoms with Gasteiger partial charge in [0.15, 0.2) is 5.13 Å². The van der Waals surface area contributed by atoms with Gasteiger partial charge in [0.2, 0.25) is 17.7 Å². The van der Waals surface area contributed by atoms with Crippen LogP contribution in [0.25, 0.3) is 10.2 Å². The Hall–Kier alpha value is -2.89. The molecule has 0 radical (unpaired) electrons. The van der Waals surface area contributed by atoms with Gasteiger partial charge in [-0.2, -0.15) is 5.06 Å². The van der Waals surface area contributed by atoms with E-state index in [1.807, 2.05) is 34.1 Å². The Morgan fingerprint density at radius 2 is 1.71 bits per heavy atom. The molecule has 184 valence electrons. The standard InChI is InChI=1S/C23H31N5O5S/c1-17(29)28(33)22(32)11-5-3-2-4-10-21(31)27-14-12-26(13-15-27)16-20(30)25-23-24-18-8-6-7-9-19(18)34-23/h6-9,33H,2-5,10-16H2,1H3,(H,24,25,30). The number of nitrogens with one attached hydrogen (secondary N) is 1. The number of thiazole rings is 1. The number of nitrogens with zero attached hydrogens (tertiary/aromatic N) is 4. The fraction of sp³-hybridized carbons (Fsp3) is 0.522. The third kappa shape index (κ3) is 7.57. The Kier molecular flexibility index (Phi) is 9.49. The topological polar surface area (TPSA) is 123 Å². The number of piperazine rings is 1. The lowest BCUT2D eigenvalue weighted by molar-refractivity contribution is -0.177. The van der Waals surface area contributed by atoms with E-state index in [1.54, 1.807) is 0 Å². The maximum Gasteiger partial charge on any atom is 0.253 e. The summed E-state index contributed by atoms with van der Waals surface area (Å²) >= 11 is 1.45. The average Bonchev–Trinajstić information content (AvgIpc) is 3.22. The van der Waals surface area contributed by atoms with Crippen LogP contribution in [0, 0.1) is 0 Å². The molecule has 1 aromatic carbocycles. The van der Waals surface area contributed by atoms with E-state index in [2.05, 4.69) is 10.3 Å². The Bertz CT molecular complexity index is 985. The largest absolute Gasteiger partial charge is 0.340 e. The van der Waals surface area contributed by atoms with E-state index in [4.69, 9.17) is 0 Å². The molecule has 2 aromatic rings. The lowest BCUT2D eigenvalue weighted by atomic mass is 10.1. The molecule has 34 heavy (non-hydrogen) atoms. The summed E-state index contributed by atoms with van der Waals surface area (Å²) in [5.74, 6) is -1.29. The van der Waals surface area contributed by atoms with Crippen molar-refractivity contribution < 1.29 is 24.4 Å². The Labute approximate surface area is 202 Å². The van der Waals surface area contributed by atoms with Gasteiger partial charge in [0.1, 0.15) is 0 Å². The smallest absolute Gasteiger partial charge is 0.253 e.